The van der Waals surface area contributed by atoms with E-state index in [9.17, 15) is 4.79 Å². The molecule has 1 aromatic carbocycles. The smallest absolute Gasteiger partial charge is 0.224 e. The van der Waals surface area contributed by atoms with E-state index < -0.39 is 0 Å². The van der Waals surface area contributed by atoms with Crippen LogP contribution in [0.4, 0.5) is 5.69 Å². The van der Waals surface area contributed by atoms with Gasteiger partial charge in [-0.15, -0.1) is 0 Å². The van der Waals surface area contributed by atoms with E-state index in [0.717, 1.165) is 23.6 Å². The van der Waals surface area contributed by atoms with Gasteiger partial charge in [-0.2, -0.15) is 5.10 Å². The first-order chi connectivity index (χ1) is 9.11. The Kier molecular flexibility index (Phi) is 4.00. The van der Waals surface area contributed by atoms with E-state index in [2.05, 4.69) is 22.5 Å². The van der Waals surface area contributed by atoms with Crippen LogP contribution in [0.2, 0.25) is 0 Å². The van der Waals surface area contributed by atoms with Crippen LogP contribution in [0.25, 0.3) is 0 Å². The fourth-order valence-electron chi connectivity index (χ4n) is 2.02. The molecule has 2 aromatic rings. The maximum Gasteiger partial charge on any atom is 0.224 e. The molecule has 0 saturated carbocycles. The van der Waals surface area contributed by atoms with Gasteiger partial charge in [0.05, 0.1) is 23.6 Å². The molecule has 0 fully saturated rings. The number of rotatable bonds is 4. The first-order valence-corrected chi connectivity index (χ1v) is 6.49. The summed E-state index contributed by atoms with van der Waals surface area (Å²) in [6.45, 7) is 6.46. The second-order valence-corrected chi connectivity index (χ2v) is 4.59. The van der Waals surface area contributed by atoms with E-state index >= 15 is 0 Å². The number of aryl methyl sites for hydroxylation is 1. The van der Waals surface area contributed by atoms with Crippen LogP contribution in [0.1, 0.15) is 30.3 Å². The minimum atomic E-state index is 0.0189. The number of carbonyl (C=O) groups is 1. The third-order valence-corrected chi connectivity index (χ3v) is 3.14. The van der Waals surface area contributed by atoms with Crippen molar-refractivity contribution in [2.24, 2.45) is 0 Å². The zero-order valence-electron chi connectivity index (χ0n) is 11.6. The Morgan fingerprint density at radius 3 is 2.58 bits per heavy atom. The van der Waals surface area contributed by atoms with Gasteiger partial charge in [-0.3, -0.25) is 9.48 Å². The molecule has 100 valence electrons. The number of hydrogen-bond acceptors (Lipinski definition) is 2. The lowest BCUT2D eigenvalue weighted by molar-refractivity contribution is -0.115. The molecule has 0 radical (unpaired) electrons. The maximum absolute atomic E-state index is 11.5. The first kappa shape index (κ1) is 13.3. The summed E-state index contributed by atoms with van der Waals surface area (Å²) in [6.07, 6.45) is 0.475. The molecule has 0 aliphatic heterocycles. The van der Waals surface area contributed by atoms with Gasteiger partial charge < -0.3 is 5.32 Å². The SMILES string of the molecule is CCC(=O)Nc1c(C)nn(Cc2ccccc2)c1C. The summed E-state index contributed by atoms with van der Waals surface area (Å²) >= 11 is 0. The lowest BCUT2D eigenvalue weighted by atomic mass is 10.2. The zero-order valence-corrected chi connectivity index (χ0v) is 11.6. The second kappa shape index (κ2) is 5.69. The predicted molar refractivity (Wildman–Crippen MR) is 76.2 cm³/mol. The van der Waals surface area contributed by atoms with Gasteiger partial charge in [-0.05, 0) is 19.4 Å². The number of hydrogen-bond donors (Lipinski definition) is 1. The lowest BCUT2D eigenvalue weighted by Gasteiger charge is -2.06. The average molecular weight is 257 g/mol. The molecule has 0 aliphatic carbocycles. The zero-order chi connectivity index (χ0) is 13.8. The van der Waals surface area contributed by atoms with Crippen LogP contribution >= 0.6 is 0 Å². The molecule has 2 rings (SSSR count). The van der Waals surface area contributed by atoms with E-state index in [-0.39, 0.29) is 5.91 Å². The van der Waals surface area contributed by atoms with E-state index in [1.165, 1.54) is 5.56 Å². The topological polar surface area (TPSA) is 46.9 Å². The molecule has 0 spiro atoms. The van der Waals surface area contributed by atoms with Crippen molar-refractivity contribution >= 4 is 11.6 Å². The van der Waals surface area contributed by atoms with Crippen LogP contribution in [-0.2, 0) is 11.3 Å². The molecule has 0 unspecified atom stereocenters. The molecular weight excluding hydrogens is 238 g/mol. The summed E-state index contributed by atoms with van der Waals surface area (Å²) in [7, 11) is 0. The molecule has 4 heteroatoms. The molecule has 0 aliphatic rings. The van der Waals surface area contributed by atoms with Crippen LogP contribution in [0.15, 0.2) is 30.3 Å². The highest BCUT2D eigenvalue weighted by Crippen LogP contribution is 2.20. The number of nitrogens with zero attached hydrogens (tertiary/aromatic N) is 2. The summed E-state index contributed by atoms with van der Waals surface area (Å²) in [5, 5.41) is 7.41. The molecule has 1 amide bonds. The highest BCUT2D eigenvalue weighted by molar-refractivity contribution is 5.91. The molecule has 1 N–H and O–H groups in total. The van der Waals surface area contributed by atoms with E-state index in [1.54, 1.807) is 0 Å². The third-order valence-electron chi connectivity index (χ3n) is 3.14. The number of benzene rings is 1. The van der Waals surface area contributed by atoms with Crippen LogP contribution in [0.5, 0.6) is 0 Å². The molecular formula is C15H19N3O. The number of aromatic nitrogens is 2. The molecule has 1 heterocycles. The summed E-state index contributed by atoms with van der Waals surface area (Å²) in [6, 6.07) is 10.2. The van der Waals surface area contributed by atoms with Gasteiger partial charge >= 0.3 is 0 Å². The van der Waals surface area contributed by atoms with Crippen molar-refractivity contribution in [2.45, 2.75) is 33.7 Å². The van der Waals surface area contributed by atoms with Crippen molar-refractivity contribution in [1.29, 1.82) is 0 Å². The number of amides is 1. The monoisotopic (exact) mass is 257 g/mol. The van der Waals surface area contributed by atoms with Crippen molar-refractivity contribution < 1.29 is 4.79 Å². The van der Waals surface area contributed by atoms with Crippen molar-refractivity contribution in [3.8, 4) is 0 Å². The highest BCUT2D eigenvalue weighted by atomic mass is 16.1. The van der Waals surface area contributed by atoms with Crippen LogP contribution in [0, 0.1) is 13.8 Å². The predicted octanol–water partition coefficient (Wildman–Crippen LogP) is 2.90. The van der Waals surface area contributed by atoms with Crippen LogP contribution in [-0.4, -0.2) is 15.7 Å². The second-order valence-electron chi connectivity index (χ2n) is 4.59. The van der Waals surface area contributed by atoms with Crippen molar-refractivity contribution in [3.05, 3.63) is 47.3 Å². The summed E-state index contributed by atoms with van der Waals surface area (Å²) < 4.78 is 1.93. The normalized spacial score (nSPS) is 10.5. The molecule has 4 nitrogen and oxygen atoms in total. The highest BCUT2D eigenvalue weighted by Gasteiger charge is 2.13. The Hall–Kier alpha value is -2.10. The summed E-state index contributed by atoms with van der Waals surface area (Å²) in [4.78, 5) is 11.5. The lowest BCUT2D eigenvalue weighted by Crippen LogP contribution is -2.11. The standard InChI is InChI=1S/C15H19N3O/c1-4-14(19)16-15-11(2)17-18(12(15)3)10-13-8-6-5-7-9-13/h5-9H,4,10H2,1-3H3,(H,16,19). The van der Waals surface area contributed by atoms with Gasteiger partial charge in [0.15, 0.2) is 0 Å². The fourth-order valence-corrected chi connectivity index (χ4v) is 2.02. The van der Waals surface area contributed by atoms with Gasteiger partial charge in [0.1, 0.15) is 0 Å². The van der Waals surface area contributed by atoms with Crippen LogP contribution < -0.4 is 5.32 Å². The van der Waals surface area contributed by atoms with Gasteiger partial charge in [0.2, 0.25) is 5.91 Å². The number of carbonyl (C=O) groups excluding carboxylic acids is 1. The molecule has 19 heavy (non-hydrogen) atoms. The quantitative estimate of drug-likeness (QED) is 0.915. The summed E-state index contributed by atoms with van der Waals surface area (Å²) in [5.74, 6) is 0.0189. The third kappa shape index (κ3) is 3.02. The fraction of sp³-hybridized carbons (Fsp3) is 0.333. The minimum absolute atomic E-state index is 0.0189. The average Bonchev–Trinajstić information content (AvgIpc) is 2.67. The van der Waals surface area contributed by atoms with E-state index in [1.807, 2.05) is 43.7 Å². The largest absolute Gasteiger partial charge is 0.323 e. The van der Waals surface area contributed by atoms with Crippen molar-refractivity contribution in [3.63, 3.8) is 0 Å². The Morgan fingerprint density at radius 2 is 1.95 bits per heavy atom. The van der Waals surface area contributed by atoms with E-state index in [4.69, 9.17) is 0 Å². The Labute approximate surface area is 113 Å². The number of nitrogens with one attached hydrogen (secondary N) is 1. The molecule has 0 atom stereocenters. The van der Waals surface area contributed by atoms with E-state index in [0.29, 0.717) is 6.42 Å². The van der Waals surface area contributed by atoms with Crippen LogP contribution in [0.3, 0.4) is 0 Å². The Bertz CT molecular complexity index is 573. The molecule has 0 saturated heterocycles. The first-order valence-electron chi connectivity index (χ1n) is 6.49. The van der Waals surface area contributed by atoms with Crippen molar-refractivity contribution in [1.82, 2.24) is 9.78 Å². The van der Waals surface area contributed by atoms with Gasteiger partial charge in [0.25, 0.3) is 0 Å². The Balaban J connectivity index is 2.24. The minimum Gasteiger partial charge on any atom is -0.323 e. The number of anilines is 1. The van der Waals surface area contributed by atoms with Gasteiger partial charge in [0, 0.05) is 6.42 Å². The molecule has 1 aromatic heterocycles. The Morgan fingerprint density at radius 1 is 1.26 bits per heavy atom. The molecule has 0 bridgehead atoms. The van der Waals surface area contributed by atoms with Gasteiger partial charge in [-0.1, -0.05) is 37.3 Å². The summed E-state index contributed by atoms with van der Waals surface area (Å²) in [5.41, 5.74) is 3.88. The maximum atomic E-state index is 11.5. The van der Waals surface area contributed by atoms with Gasteiger partial charge in [-0.25, -0.2) is 0 Å². The van der Waals surface area contributed by atoms with Crippen molar-refractivity contribution in [2.75, 3.05) is 5.32 Å².